The summed E-state index contributed by atoms with van der Waals surface area (Å²) in [6.07, 6.45) is 0. The fourth-order valence-electron chi connectivity index (χ4n) is 7.59. The molecule has 9 rings (SSSR count). The molecule has 9 aromatic rings. The number of anilines is 1. The Morgan fingerprint density at radius 1 is 0.474 bits per heavy atom. The van der Waals surface area contributed by atoms with Gasteiger partial charge in [0.25, 0.3) is 0 Å². The van der Waals surface area contributed by atoms with E-state index in [0.717, 1.165) is 61.5 Å². The molecule has 0 saturated carbocycles. The summed E-state index contributed by atoms with van der Waals surface area (Å²) >= 11 is 0. The molecule has 0 atom stereocenters. The van der Waals surface area contributed by atoms with Crippen molar-refractivity contribution in [2.45, 2.75) is 0 Å². The first-order valence-corrected chi connectivity index (χ1v) is 19.0. The van der Waals surface area contributed by atoms with E-state index < -0.39 is 0 Å². The molecule has 5 nitrogen and oxygen atoms in total. The number of nitrogens with zero attached hydrogens (tertiary/aromatic N) is 4. The van der Waals surface area contributed by atoms with Gasteiger partial charge in [-0.2, -0.15) is 0 Å². The van der Waals surface area contributed by atoms with Crippen LogP contribution in [0.5, 0.6) is 0 Å². The number of benzene rings is 8. The van der Waals surface area contributed by atoms with Gasteiger partial charge in [0.05, 0.1) is 16.7 Å². The SMILES string of the molecule is C=NC(=NC(=Nc1cc(-c2ccc3c4ccccc4n(-c4cccc(-c5ccccc5)c4)c3c2)ccc1-c1ccccc1NC)c1ccccc1)c1ccccc1. The Hall–Kier alpha value is -7.63. The smallest absolute Gasteiger partial charge is 0.162 e. The number of rotatable bonds is 8. The van der Waals surface area contributed by atoms with E-state index in [2.05, 4.69) is 155 Å². The highest BCUT2D eigenvalue weighted by atomic mass is 15.0. The third-order valence-corrected chi connectivity index (χ3v) is 10.4. The van der Waals surface area contributed by atoms with Crippen molar-refractivity contribution in [3.05, 3.63) is 211 Å². The van der Waals surface area contributed by atoms with E-state index in [4.69, 9.17) is 9.98 Å². The lowest BCUT2D eigenvalue weighted by Crippen LogP contribution is -2.04. The molecule has 1 aromatic heterocycles. The summed E-state index contributed by atoms with van der Waals surface area (Å²) in [7, 11) is 1.95. The van der Waals surface area contributed by atoms with Crippen LogP contribution in [0.25, 0.3) is 60.9 Å². The maximum atomic E-state index is 5.39. The standard InChI is InChI=1S/C52H39N5/c1-53-47-27-14-12-25-43(47)44-31-29-40(34-48(44)55-52(38-21-10-5-11-22-38)56-51(54-2)37-19-8-4-9-20-37)41-30-32-46-45-26-13-15-28-49(45)57(50(46)35-41)42-24-16-23-39(33-42)36-17-6-3-7-18-36/h3-35,53H,2H2,1H3. The maximum absolute atomic E-state index is 5.39. The van der Waals surface area contributed by atoms with Crippen LogP contribution >= 0.6 is 0 Å². The van der Waals surface area contributed by atoms with Crippen LogP contribution in [-0.4, -0.2) is 30.0 Å². The van der Waals surface area contributed by atoms with Crippen molar-refractivity contribution < 1.29 is 0 Å². The summed E-state index contributed by atoms with van der Waals surface area (Å²) < 4.78 is 2.38. The number of hydrogen-bond donors (Lipinski definition) is 1. The largest absolute Gasteiger partial charge is 0.388 e. The van der Waals surface area contributed by atoms with Crippen molar-refractivity contribution in [2.24, 2.45) is 15.0 Å². The zero-order valence-corrected chi connectivity index (χ0v) is 31.5. The van der Waals surface area contributed by atoms with Gasteiger partial charge in [0.1, 0.15) is 0 Å². The lowest BCUT2D eigenvalue weighted by Gasteiger charge is -2.15. The number of nitrogens with one attached hydrogen (secondary N) is 1. The molecule has 57 heavy (non-hydrogen) atoms. The lowest BCUT2D eigenvalue weighted by atomic mass is 9.96. The quantitative estimate of drug-likeness (QED) is 0.123. The molecule has 1 heterocycles. The van der Waals surface area contributed by atoms with Gasteiger partial charge in [0, 0.05) is 51.4 Å². The molecule has 0 fully saturated rings. The first-order valence-electron chi connectivity index (χ1n) is 19.0. The Balaban J connectivity index is 1.25. The van der Waals surface area contributed by atoms with E-state index >= 15 is 0 Å². The van der Waals surface area contributed by atoms with Crippen molar-refractivity contribution >= 4 is 51.6 Å². The summed E-state index contributed by atoms with van der Waals surface area (Å²) in [5.74, 6) is 1.04. The fourth-order valence-corrected chi connectivity index (χ4v) is 7.59. The highest BCUT2D eigenvalue weighted by molar-refractivity contribution is 6.14. The van der Waals surface area contributed by atoms with Gasteiger partial charge in [-0.05, 0) is 65.4 Å². The summed E-state index contributed by atoms with van der Waals surface area (Å²) in [4.78, 5) is 14.8. The fraction of sp³-hybridized carbons (Fsp3) is 0.0192. The summed E-state index contributed by atoms with van der Waals surface area (Å²) in [6.45, 7) is 3.88. The minimum atomic E-state index is 0.501. The lowest BCUT2D eigenvalue weighted by molar-refractivity contribution is 1.18. The first kappa shape index (κ1) is 35.1. The molecule has 0 saturated heterocycles. The molecular formula is C52H39N5. The first-order chi connectivity index (χ1) is 28.2. The molecule has 0 unspecified atom stereocenters. The minimum Gasteiger partial charge on any atom is -0.388 e. The minimum absolute atomic E-state index is 0.501. The normalized spacial score (nSPS) is 11.9. The van der Waals surface area contributed by atoms with Gasteiger partial charge in [-0.15, -0.1) is 0 Å². The van der Waals surface area contributed by atoms with E-state index in [0.29, 0.717) is 11.7 Å². The summed E-state index contributed by atoms with van der Waals surface area (Å²) in [6, 6.07) is 69.6. The number of fused-ring (bicyclic) bond motifs is 3. The van der Waals surface area contributed by atoms with Crippen molar-refractivity contribution in [2.75, 3.05) is 12.4 Å². The number of amidine groups is 2. The van der Waals surface area contributed by atoms with Crippen molar-refractivity contribution in [1.29, 1.82) is 0 Å². The van der Waals surface area contributed by atoms with Crippen LogP contribution in [0.15, 0.2) is 215 Å². The second kappa shape index (κ2) is 15.6. The molecule has 272 valence electrons. The van der Waals surface area contributed by atoms with E-state index in [-0.39, 0.29) is 0 Å². The Labute approximate surface area is 332 Å². The highest BCUT2D eigenvalue weighted by Gasteiger charge is 2.17. The molecule has 1 N–H and O–H groups in total. The molecule has 0 aliphatic rings. The van der Waals surface area contributed by atoms with Crippen LogP contribution in [0.1, 0.15) is 11.1 Å². The molecule has 0 aliphatic heterocycles. The molecule has 8 aromatic carbocycles. The van der Waals surface area contributed by atoms with Crippen LogP contribution in [0.3, 0.4) is 0 Å². The third kappa shape index (κ3) is 6.95. The van der Waals surface area contributed by atoms with Crippen molar-refractivity contribution in [1.82, 2.24) is 4.57 Å². The van der Waals surface area contributed by atoms with Crippen LogP contribution in [-0.2, 0) is 0 Å². The highest BCUT2D eigenvalue weighted by Crippen LogP contribution is 2.40. The van der Waals surface area contributed by atoms with Crippen LogP contribution in [0.4, 0.5) is 11.4 Å². The van der Waals surface area contributed by atoms with Gasteiger partial charge in [0.2, 0.25) is 0 Å². The second-order valence-electron chi connectivity index (χ2n) is 13.8. The number of para-hydroxylation sites is 2. The predicted molar refractivity (Wildman–Crippen MR) is 242 cm³/mol. The Morgan fingerprint density at radius 2 is 1.07 bits per heavy atom. The Morgan fingerprint density at radius 3 is 1.82 bits per heavy atom. The summed E-state index contributed by atoms with van der Waals surface area (Å²) in [5, 5.41) is 5.79. The Bertz CT molecular complexity index is 2940. The molecule has 0 amide bonds. The van der Waals surface area contributed by atoms with E-state index in [1.54, 1.807) is 0 Å². The summed E-state index contributed by atoms with van der Waals surface area (Å²) in [5.41, 5.74) is 13.4. The van der Waals surface area contributed by atoms with Gasteiger partial charge in [-0.1, -0.05) is 164 Å². The predicted octanol–water partition coefficient (Wildman–Crippen LogP) is 13.1. The van der Waals surface area contributed by atoms with Crippen molar-refractivity contribution in [3.8, 4) is 39.1 Å². The number of aliphatic imine (C=N–C) groups is 3. The average molecular weight is 734 g/mol. The van der Waals surface area contributed by atoms with Crippen LogP contribution < -0.4 is 5.32 Å². The molecule has 0 spiro atoms. The van der Waals surface area contributed by atoms with Gasteiger partial charge in [-0.3, -0.25) is 0 Å². The van der Waals surface area contributed by atoms with Gasteiger partial charge < -0.3 is 9.88 Å². The number of hydrogen-bond acceptors (Lipinski definition) is 2. The number of aromatic nitrogens is 1. The van der Waals surface area contributed by atoms with Crippen LogP contribution in [0.2, 0.25) is 0 Å². The van der Waals surface area contributed by atoms with E-state index in [1.807, 2.05) is 73.8 Å². The molecular weight excluding hydrogens is 695 g/mol. The zero-order valence-electron chi connectivity index (χ0n) is 31.5. The van der Waals surface area contributed by atoms with Gasteiger partial charge >= 0.3 is 0 Å². The van der Waals surface area contributed by atoms with E-state index in [9.17, 15) is 0 Å². The monoisotopic (exact) mass is 733 g/mol. The molecule has 5 heteroatoms. The van der Waals surface area contributed by atoms with Gasteiger partial charge in [-0.25, -0.2) is 15.0 Å². The van der Waals surface area contributed by atoms with Gasteiger partial charge in [0.15, 0.2) is 11.7 Å². The Kier molecular flexibility index (Phi) is 9.61. The maximum Gasteiger partial charge on any atom is 0.162 e. The van der Waals surface area contributed by atoms with E-state index in [1.165, 1.54) is 21.9 Å². The van der Waals surface area contributed by atoms with Crippen molar-refractivity contribution in [3.63, 3.8) is 0 Å². The molecule has 0 aliphatic carbocycles. The topological polar surface area (TPSA) is 54.0 Å². The average Bonchev–Trinajstić information content (AvgIpc) is 3.62. The second-order valence-corrected chi connectivity index (χ2v) is 13.8. The third-order valence-electron chi connectivity index (χ3n) is 10.4. The zero-order chi connectivity index (χ0) is 38.6. The molecule has 0 bridgehead atoms. The molecule has 0 radical (unpaired) electrons. The van der Waals surface area contributed by atoms with Crippen LogP contribution in [0, 0.1) is 0 Å².